The maximum atomic E-state index is 12.9. The Balaban J connectivity index is 1.38. The summed E-state index contributed by atoms with van der Waals surface area (Å²) in [7, 11) is 0. The molecule has 1 heterocycles. The van der Waals surface area contributed by atoms with Gasteiger partial charge in [-0.15, -0.1) is 0 Å². The molecule has 0 fully saturated rings. The predicted molar refractivity (Wildman–Crippen MR) is 121 cm³/mol. The first-order valence-electron chi connectivity index (χ1n) is 9.82. The molecule has 0 saturated heterocycles. The van der Waals surface area contributed by atoms with E-state index in [0.717, 1.165) is 5.52 Å². The summed E-state index contributed by atoms with van der Waals surface area (Å²) in [6.45, 7) is 0.389. The van der Waals surface area contributed by atoms with Gasteiger partial charge in [0.2, 0.25) is 0 Å². The van der Waals surface area contributed by atoms with Crippen LogP contribution in [0.3, 0.4) is 0 Å². The quantitative estimate of drug-likeness (QED) is 0.339. The van der Waals surface area contributed by atoms with E-state index in [1.54, 1.807) is 42.6 Å². The van der Waals surface area contributed by atoms with E-state index in [1.165, 1.54) is 24.3 Å². The number of nitrogens with zero attached hydrogens (tertiary/aromatic N) is 2. The fraction of sp³-hybridized carbons (Fsp3) is 0.0870. The Bertz CT molecular complexity index is 1220. The lowest BCUT2D eigenvalue weighted by atomic mass is 10.2. The second-order valence-corrected chi connectivity index (χ2v) is 6.77. The lowest BCUT2D eigenvalue weighted by Crippen LogP contribution is -2.19. The molecule has 0 spiro atoms. The van der Waals surface area contributed by atoms with Crippen molar-refractivity contribution in [2.24, 2.45) is 0 Å². The van der Waals surface area contributed by atoms with Crippen molar-refractivity contribution in [3.05, 3.63) is 78.7 Å². The van der Waals surface area contributed by atoms with Crippen LogP contribution >= 0.6 is 0 Å². The molecule has 9 heteroatoms. The third-order valence-corrected chi connectivity index (χ3v) is 4.38. The highest BCUT2D eigenvalue weighted by molar-refractivity contribution is 5.99. The molecule has 8 nitrogen and oxygen atoms in total. The minimum atomic E-state index is -0.441. The molecule has 0 radical (unpaired) electrons. The van der Waals surface area contributed by atoms with Gasteiger partial charge in [-0.3, -0.25) is 4.98 Å². The van der Waals surface area contributed by atoms with Crippen LogP contribution in [0, 0.1) is 5.82 Å². The number of aliphatic hydroxyl groups is 1. The van der Waals surface area contributed by atoms with Crippen LogP contribution < -0.4 is 20.7 Å². The van der Waals surface area contributed by atoms with Crippen LogP contribution in [0.15, 0.2) is 72.9 Å². The molecular weight excluding hydrogens is 413 g/mol. The summed E-state index contributed by atoms with van der Waals surface area (Å²) >= 11 is 0. The SMILES string of the molecule is O=C(Nc1ccc(F)cc1)Nc1ccc(Oc2ccc3ncc(NCCO)nc3c2)cc1. The molecular formula is C23H20FN5O3. The van der Waals surface area contributed by atoms with Crippen molar-refractivity contribution in [3.8, 4) is 11.5 Å². The second-order valence-electron chi connectivity index (χ2n) is 6.77. The number of aliphatic hydroxyl groups excluding tert-OH is 1. The van der Waals surface area contributed by atoms with Gasteiger partial charge in [-0.1, -0.05) is 0 Å². The minimum Gasteiger partial charge on any atom is -0.457 e. The molecule has 0 bridgehead atoms. The number of nitrogens with one attached hydrogen (secondary N) is 3. The fourth-order valence-corrected chi connectivity index (χ4v) is 2.89. The molecule has 32 heavy (non-hydrogen) atoms. The molecule has 0 aliphatic heterocycles. The van der Waals surface area contributed by atoms with Crippen LogP contribution in [0.5, 0.6) is 11.5 Å². The Morgan fingerprint density at radius 3 is 2.25 bits per heavy atom. The predicted octanol–water partition coefficient (Wildman–Crippen LogP) is 4.61. The summed E-state index contributed by atoms with van der Waals surface area (Å²) in [4.78, 5) is 20.9. The number of urea groups is 1. The van der Waals surface area contributed by atoms with Gasteiger partial charge in [0, 0.05) is 24.0 Å². The topological polar surface area (TPSA) is 108 Å². The van der Waals surface area contributed by atoms with Crippen LogP contribution in [-0.2, 0) is 0 Å². The van der Waals surface area contributed by atoms with Gasteiger partial charge in [-0.2, -0.15) is 0 Å². The highest BCUT2D eigenvalue weighted by atomic mass is 19.1. The molecule has 0 aliphatic carbocycles. The third-order valence-electron chi connectivity index (χ3n) is 4.38. The maximum Gasteiger partial charge on any atom is 0.323 e. The Labute approximate surface area is 183 Å². The summed E-state index contributed by atoms with van der Waals surface area (Å²) in [6, 6.07) is 17.3. The van der Waals surface area contributed by atoms with E-state index in [0.29, 0.717) is 40.8 Å². The van der Waals surface area contributed by atoms with Gasteiger partial charge >= 0.3 is 6.03 Å². The van der Waals surface area contributed by atoms with Gasteiger partial charge in [0.15, 0.2) is 0 Å². The van der Waals surface area contributed by atoms with Crippen molar-refractivity contribution in [2.75, 3.05) is 29.1 Å². The standard InChI is InChI=1S/C23H20FN5O3/c24-15-1-3-16(4-2-15)27-23(31)28-17-5-7-18(8-6-17)32-19-9-10-20-21(13-19)29-22(14-26-20)25-11-12-30/h1-10,13-14,30H,11-12H2,(H,25,29)(H2,27,28,31). The number of carbonyl (C=O) groups is 1. The van der Waals surface area contributed by atoms with Crippen molar-refractivity contribution in [1.82, 2.24) is 9.97 Å². The second kappa shape index (κ2) is 9.71. The van der Waals surface area contributed by atoms with Crippen molar-refractivity contribution in [2.45, 2.75) is 0 Å². The van der Waals surface area contributed by atoms with Crippen molar-refractivity contribution in [3.63, 3.8) is 0 Å². The van der Waals surface area contributed by atoms with Gasteiger partial charge in [-0.25, -0.2) is 14.2 Å². The fourth-order valence-electron chi connectivity index (χ4n) is 2.89. The molecule has 0 saturated carbocycles. The number of ether oxygens (including phenoxy) is 1. The van der Waals surface area contributed by atoms with Gasteiger partial charge < -0.3 is 25.8 Å². The molecule has 3 aromatic carbocycles. The molecule has 0 unspecified atom stereocenters. The lowest BCUT2D eigenvalue weighted by Gasteiger charge is -2.10. The summed E-state index contributed by atoms with van der Waals surface area (Å²) < 4.78 is 18.8. The first kappa shape index (κ1) is 21.0. The van der Waals surface area contributed by atoms with Crippen LogP contribution in [0.4, 0.5) is 26.4 Å². The van der Waals surface area contributed by atoms with E-state index in [4.69, 9.17) is 9.84 Å². The van der Waals surface area contributed by atoms with E-state index < -0.39 is 6.03 Å². The number of benzene rings is 3. The highest BCUT2D eigenvalue weighted by Crippen LogP contribution is 2.26. The largest absolute Gasteiger partial charge is 0.457 e. The van der Waals surface area contributed by atoms with Gasteiger partial charge in [0.05, 0.1) is 23.8 Å². The summed E-state index contributed by atoms with van der Waals surface area (Å²) in [5.41, 5.74) is 2.43. The zero-order chi connectivity index (χ0) is 22.3. The zero-order valence-corrected chi connectivity index (χ0v) is 16.9. The van der Waals surface area contributed by atoms with Crippen LogP contribution in [-0.4, -0.2) is 34.3 Å². The molecule has 4 N–H and O–H groups in total. The van der Waals surface area contributed by atoms with E-state index in [9.17, 15) is 9.18 Å². The molecule has 2 amide bonds. The van der Waals surface area contributed by atoms with E-state index in [1.807, 2.05) is 6.07 Å². The Hall–Kier alpha value is -4.24. The zero-order valence-electron chi connectivity index (χ0n) is 16.9. The highest BCUT2D eigenvalue weighted by Gasteiger charge is 2.06. The summed E-state index contributed by atoms with van der Waals surface area (Å²) in [5.74, 6) is 1.36. The molecule has 162 valence electrons. The first-order valence-corrected chi connectivity index (χ1v) is 9.82. The van der Waals surface area contributed by atoms with Crippen molar-refractivity contribution < 1.29 is 19.0 Å². The number of anilines is 3. The van der Waals surface area contributed by atoms with E-state index in [2.05, 4.69) is 25.9 Å². The number of hydrogen-bond donors (Lipinski definition) is 4. The average Bonchev–Trinajstić information content (AvgIpc) is 2.80. The monoisotopic (exact) mass is 433 g/mol. The van der Waals surface area contributed by atoms with Crippen LogP contribution in [0.1, 0.15) is 0 Å². The molecule has 0 aliphatic rings. The number of carbonyl (C=O) groups excluding carboxylic acids is 1. The molecule has 4 aromatic rings. The van der Waals surface area contributed by atoms with Crippen LogP contribution in [0.25, 0.3) is 11.0 Å². The van der Waals surface area contributed by atoms with Gasteiger partial charge in [0.1, 0.15) is 23.1 Å². The van der Waals surface area contributed by atoms with Crippen molar-refractivity contribution in [1.29, 1.82) is 0 Å². The average molecular weight is 433 g/mol. The number of hydrogen-bond acceptors (Lipinski definition) is 6. The Morgan fingerprint density at radius 2 is 1.56 bits per heavy atom. The normalized spacial score (nSPS) is 10.6. The Morgan fingerprint density at radius 1 is 0.906 bits per heavy atom. The van der Waals surface area contributed by atoms with E-state index in [-0.39, 0.29) is 12.4 Å². The van der Waals surface area contributed by atoms with Crippen LogP contribution in [0.2, 0.25) is 0 Å². The maximum absolute atomic E-state index is 12.9. The number of halogens is 1. The number of rotatable bonds is 7. The molecule has 4 rings (SSSR count). The molecule has 1 aromatic heterocycles. The Kier molecular flexibility index (Phi) is 6.38. The number of fused-ring (bicyclic) bond motifs is 1. The number of amides is 2. The summed E-state index contributed by atoms with van der Waals surface area (Å²) in [5, 5.41) is 17.2. The lowest BCUT2D eigenvalue weighted by molar-refractivity contribution is 0.262. The smallest absolute Gasteiger partial charge is 0.323 e. The molecule has 0 atom stereocenters. The van der Waals surface area contributed by atoms with Crippen molar-refractivity contribution >= 4 is 34.3 Å². The van der Waals surface area contributed by atoms with E-state index >= 15 is 0 Å². The minimum absolute atomic E-state index is 0.00161. The van der Waals surface area contributed by atoms with Gasteiger partial charge in [-0.05, 0) is 60.7 Å². The number of aromatic nitrogens is 2. The summed E-state index contributed by atoms with van der Waals surface area (Å²) in [6.07, 6.45) is 1.61. The first-order chi connectivity index (χ1) is 15.6. The third kappa shape index (κ3) is 5.46. The van der Waals surface area contributed by atoms with Gasteiger partial charge in [0.25, 0.3) is 0 Å².